The lowest BCUT2D eigenvalue weighted by atomic mass is 9.74. The molecule has 2 rings (SSSR count). The largest absolute Gasteiger partial charge is 0.391 e. The van der Waals surface area contributed by atoms with Gasteiger partial charge in [0.25, 0.3) is 0 Å². The van der Waals surface area contributed by atoms with E-state index in [1.54, 1.807) is 0 Å². The van der Waals surface area contributed by atoms with Crippen LogP contribution in [-0.2, 0) is 11.2 Å². The summed E-state index contributed by atoms with van der Waals surface area (Å²) < 4.78 is 0. The molecule has 1 fully saturated rings. The highest BCUT2D eigenvalue weighted by Crippen LogP contribution is 2.34. The summed E-state index contributed by atoms with van der Waals surface area (Å²) in [5.41, 5.74) is 1.19. The average molecular weight is 332 g/mol. The number of aliphatic hydroxyl groups excluding tert-OH is 1. The molecule has 4 nitrogen and oxygen atoms in total. The Hall–Kier alpha value is -1.39. The normalized spacial score (nSPS) is 21.2. The molecule has 0 spiro atoms. The first-order valence-electron chi connectivity index (χ1n) is 8.93. The minimum absolute atomic E-state index is 0.0422. The first-order valence-corrected chi connectivity index (χ1v) is 8.93. The number of carbonyl (C=O) groups excluding carboxylic acids is 1. The van der Waals surface area contributed by atoms with E-state index in [-0.39, 0.29) is 17.0 Å². The van der Waals surface area contributed by atoms with Crippen LogP contribution in [0.2, 0.25) is 0 Å². The van der Waals surface area contributed by atoms with Crippen molar-refractivity contribution in [3.8, 4) is 0 Å². The van der Waals surface area contributed by atoms with Crippen LogP contribution in [0.5, 0.6) is 0 Å². The van der Waals surface area contributed by atoms with Gasteiger partial charge in [-0.1, -0.05) is 30.3 Å². The Labute approximate surface area is 146 Å². The monoisotopic (exact) mass is 332 g/mol. The minimum Gasteiger partial charge on any atom is -0.391 e. The Kier molecular flexibility index (Phi) is 6.05. The Morgan fingerprint density at radius 2 is 1.79 bits per heavy atom. The predicted octanol–water partition coefficient (Wildman–Crippen LogP) is 2.65. The zero-order valence-electron chi connectivity index (χ0n) is 15.4. The van der Waals surface area contributed by atoms with E-state index in [2.05, 4.69) is 38.3 Å². The number of benzene rings is 1. The van der Waals surface area contributed by atoms with Crippen molar-refractivity contribution in [2.75, 3.05) is 6.54 Å². The summed E-state index contributed by atoms with van der Waals surface area (Å²) in [6.07, 6.45) is 2.55. The van der Waals surface area contributed by atoms with Crippen LogP contribution in [0.1, 0.15) is 52.5 Å². The van der Waals surface area contributed by atoms with Gasteiger partial charge in [-0.2, -0.15) is 0 Å². The topological polar surface area (TPSA) is 61.4 Å². The smallest absolute Gasteiger partial charge is 0.220 e. The van der Waals surface area contributed by atoms with Crippen LogP contribution in [0.15, 0.2) is 30.3 Å². The van der Waals surface area contributed by atoms with Crippen molar-refractivity contribution < 1.29 is 9.90 Å². The van der Waals surface area contributed by atoms with E-state index in [1.165, 1.54) is 0 Å². The third-order valence-corrected chi connectivity index (χ3v) is 4.60. The van der Waals surface area contributed by atoms with Gasteiger partial charge in [0.2, 0.25) is 5.91 Å². The summed E-state index contributed by atoms with van der Waals surface area (Å²) in [6, 6.07) is 9.86. The van der Waals surface area contributed by atoms with Crippen LogP contribution < -0.4 is 10.6 Å². The second-order valence-electron chi connectivity index (χ2n) is 8.52. The van der Waals surface area contributed by atoms with Crippen molar-refractivity contribution in [1.29, 1.82) is 0 Å². The van der Waals surface area contributed by atoms with E-state index in [1.807, 2.05) is 30.3 Å². The Balaban J connectivity index is 1.76. The first-order chi connectivity index (χ1) is 11.2. The maximum absolute atomic E-state index is 12.2. The van der Waals surface area contributed by atoms with Gasteiger partial charge in [-0.15, -0.1) is 0 Å². The zero-order chi connectivity index (χ0) is 17.8. The third-order valence-electron chi connectivity index (χ3n) is 4.60. The van der Waals surface area contributed by atoms with Gasteiger partial charge in [0, 0.05) is 30.5 Å². The van der Waals surface area contributed by atoms with Crippen LogP contribution in [0.25, 0.3) is 0 Å². The number of carbonyl (C=O) groups is 1. The van der Waals surface area contributed by atoms with E-state index in [0.717, 1.165) is 18.4 Å². The van der Waals surface area contributed by atoms with Gasteiger partial charge in [-0.05, 0) is 52.0 Å². The molecule has 1 aromatic carbocycles. The lowest BCUT2D eigenvalue weighted by Crippen LogP contribution is -2.58. The minimum atomic E-state index is -0.544. The number of hydrogen-bond acceptors (Lipinski definition) is 3. The van der Waals surface area contributed by atoms with Crippen LogP contribution in [0.3, 0.4) is 0 Å². The van der Waals surface area contributed by atoms with Gasteiger partial charge in [-0.3, -0.25) is 4.79 Å². The molecule has 1 saturated heterocycles. The maximum Gasteiger partial charge on any atom is 0.220 e. The number of rotatable bonds is 6. The molecule has 0 aliphatic carbocycles. The zero-order valence-corrected chi connectivity index (χ0v) is 15.4. The van der Waals surface area contributed by atoms with Gasteiger partial charge in [0.05, 0.1) is 6.10 Å². The summed E-state index contributed by atoms with van der Waals surface area (Å²) in [5, 5.41) is 16.6. The molecule has 1 aliphatic rings. The molecule has 24 heavy (non-hydrogen) atoms. The molecule has 1 aliphatic heterocycles. The van der Waals surface area contributed by atoms with Gasteiger partial charge in [0.15, 0.2) is 0 Å². The summed E-state index contributed by atoms with van der Waals surface area (Å²) in [4.78, 5) is 12.2. The highest BCUT2D eigenvalue weighted by Gasteiger charge is 2.38. The lowest BCUT2D eigenvalue weighted by Gasteiger charge is -2.46. The van der Waals surface area contributed by atoms with Gasteiger partial charge < -0.3 is 15.7 Å². The van der Waals surface area contributed by atoms with E-state index in [4.69, 9.17) is 0 Å². The molecule has 0 aromatic heterocycles. The van der Waals surface area contributed by atoms with Crippen LogP contribution in [-0.4, -0.2) is 34.7 Å². The van der Waals surface area contributed by atoms with Crippen LogP contribution >= 0.6 is 0 Å². The van der Waals surface area contributed by atoms with Crippen LogP contribution in [0.4, 0.5) is 0 Å². The molecular weight excluding hydrogens is 300 g/mol. The number of amides is 1. The van der Waals surface area contributed by atoms with Crippen molar-refractivity contribution in [2.24, 2.45) is 5.92 Å². The molecule has 1 heterocycles. The molecule has 4 heteroatoms. The number of nitrogens with one attached hydrogen (secondary N) is 2. The highest BCUT2D eigenvalue weighted by molar-refractivity contribution is 5.76. The first kappa shape index (κ1) is 18.9. The molecule has 0 saturated carbocycles. The van der Waals surface area contributed by atoms with Crippen molar-refractivity contribution in [3.05, 3.63) is 35.9 Å². The quantitative estimate of drug-likeness (QED) is 0.750. The second kappa shape index (κ2) is 7.66. The Bertz CT molecular complexity index is 524. The fraction of sp³-hybridized carbons (Fsp3) is 0.650. The van der Waals surface area contributed by atoms with E-state index >= 15 is 0 Å². The van der Waals surface area contributed by atoms with E-state index in [0.29, 0.717) is 25.3 Å². The summed E-state index contributed by atoms with van der Waals surface area (Å²) >= 11 is 0. The number of piperidine rings is 1. The SMILES string of the molecule is CC1(C)CC(CC(=O)NCC(O)Cc2ccccc2)CC(C)(C)N1. The van der Waals surface area contributed by atoms with Crippen molar-refractivity contribution in [1.82, 2.24) is 10.6 Å². The molecule has 1 unspecified atom stereocenters. The lowest BCUT2D eigenvalue weighted by molar-refractivity contribution is -0.123. The Morgan fingerprint density at radius 1 is 1.21 bits per heavy atom. The molecule has 0 radical (unpaired) electrons. The summed E-state index contributed by atoms with van der Waals surface area (Å²) in [7, 11) is 0. The summed E-state index contributed by atoms with van der Waals surface area (Å²) in [5.74, 6) is 0.420. The molecule has 1 atom stereocenters. The number of hydrogen-bond donors (Lipinski definition) is 3. The average Bonchev–Trinajstić information content (AvgIpc) is 2.42. The fourth-order valence-corrected chi connectivity index (χ4v) is 4.20. The van der Waals surface area contributed by atoms with Crippen molar-refractivity contribution >= 4 is 5.91 Å². The third kappa shape index (κ3) is 6.25. The fourth-order valence-electron chi connectivity index (χ4n) is 4.20. The van der Waals surface area contributed by atoms with Crippen LogP contribution in [0, 0.1) is 5.92 Å². The molecule has 134 valence electrons. The molecule has 1 amide bonds. The maximum atomic E-state index is 12.2. The molecular formula is C20H32N2O2. The Morgan fingerprint density at radius 3 is 2.38 bits per heavy atom. The molecule has 1 aromatic rings. The van der Waals surface area contributed by atoms with Gasteiger partial charge >= 0.3 is 0 Å². The van der Waals surface area contributed by atoms with Crippen molar-refractivity contribution in [2.45, 2.75) is 70.6 Å². The standard InChI is InChI=1S/C20H32N2O2/c1-19(2)12-16(13-20(3,4)22-19)11-18(24)21-14-17(23)10-15-8-6-5-7-9-15/h5-9,16-17,22-23H,10-14H2,1-4H3,(H,21,24). The van der Waals surface area contributed by atoms with E-state index in [9.17, 15) is 9.90 Å². The molecule has 3 N–H and O–H groups in total. The summed E-state index contributed by atoms with van der Waals surface area (Å²) in [6.45, 7) is 9.10. The second-order valence-corrected chi connectivity index (χ2v) is 8.52. The van der Waals surface area contributed by atoms with Crippen molar-refractivity contribution in [3.63, 3.8) is 0 Å². The van der Waals surface area contributed by atoms with E-state index < -0.39 is 6.10 Å². The molecule has 0 bridgehead atoms. The number of aliphatic hydroxyl groups is 1. The van der Waals surface area contributed by atoms with Gasteiger partial charge in [-0.25, -0.2) is 0 Å². The highest BCUT2D eigenvalue weighted by atomic mass is 16.3. The predicted molar refractivity (Wildman–Crippen MR) is 97.8 cm³/mol. The van der Waals surface area contributed by atoms with Gasteiger partial charge in [0.1, 0.15) is 0 Å².